The molecule has 1 atom stereocenters. The van der Waals surface area contributed by atoms with Crippen LogP contribution in [0.1, 0.15) is 40.0 Å². The molecule has 102 valence electrons. The Bertz CT molecular complexity index is 382. The number of alkyl halides is 1. The van der Waals surface area contributed by atoms with Gasteiger partial charge in [0.1, 0.15) is 17.3 Å². The van der Waals surface area contributed by atoms with Gasteiger partial charge in [0.05, 0.1) is 0 Å². The number of amides is 1. The van der Waals surface area contributed by atoms with Gasteiger partial charge in [0, 0.05) is 5.41 Å². The second kappa shape index (κ2) is 3.59. The van der Waals surface area contributed by atoms with Crippen molar-refractivity contribution in [3.63, 3.8) is 0 Å². The van der Waals surface area contributed by atoms with Gasteiger partial charge >= 0.3 is 12.1 Å². The largest absolute Gasteiger partial charge is 0.480 e. The molecule has 3 saturated carbocycles. The minimum absolute atomic E-state index is 0.215. The Morgan fingerprint density at radius 1 is 1.33 bits per heavy atom. The van der Waals surface area contributed by atoms with Crippen LogP contribution in [-0.4, -0.2) is 34.5 Å². The van der Waals surface area contributed by atoms with E-state index in [1.165, 1.54) is 0 Å². The maximum absolute atomic E-state index is 13.4. The van der Waals surface area contributed by atoms with Crippen LogP contribution in [0.5, 0.6) is 0 Å². The molecule has 1 amide bonds. The number of ether oxygens (including phenoxy) is 1. The van der Waals surface area contributed by atoms with Crippen molar-refractivity contribution in [2.45, 2.75) is 57.3 Å². The SMILES string of the molecule is CC(C)(C)OC(=O)NC(C(=O)O)C12CC(F)(C1)C2. The molecule has 6 heteroatoms. The number of halogens is 1. The Balaban J connectivity index is 1.97. The minimum atomic E-state index is -1.19. The number of rotatable bonds is 3. The quantitative estimate of drug-likeness (QED) is 0.811. The Hall–Kier alpha value is -1.33. The first kappa shape index (κ1) is 13.1. The molecule has 3 fully saturated rings. The molecule has 5 nitrogen and oxygen atoms in total. The average Bonchev–Trinajstić information content (AvgIpc) is 2.04. The molecule has 0 aromatic carbocycles. The van der Waals surface area contributed by atoms with Crippen LogP contribution in [0.25, 0.3) is 0 Å². The van der Waals surface area contributed by atoms with Gasteiger partial charge in [-0.05, 0) is 40.0 Å². The van der Waals surface area contributed by atoms with Crippen molar-refractivity contribution in [2.24, 2.45) is 5.41 Å². The van der Waals surface area contributed by atoms with E-state index >= 15 is 0 Å². The van der Waals surface area contributed by atoms with Crippen LogP contribution in [0.4, 0.5) is 9.18 Å². The monoisotopic (exact) mass is 259 g/mol. The van der Waals surface area contributed by atoms with Crippen LogP contribution >= 0.6 is 0 Å². The van der Waals surface area contributed by atoms with Crippen LogP contribution in [0.2, 0.25) is 0 Å². The predicted octanol–water partition coefficient (Wildman–Crippen LogP) is 1.86. The highest BCUT2D eigenvalue weighted by atomic mass is 19.1. The molecule has 2 bridgehead atoms. The Labute approximate surface area is 105 Å². The number of aliphatic carboxylic acids is 1. The lowest BCUT2D eigenvalue weighted by atomic mass is 9.40. The first-order valence-corrected chi connectivity index (χ1v) is 5.97. The zero-order valence-corrected chi connectivity index (χ0v) is 10.7. The summed E-state index contributed by atoms with van der Waals surface area (Å²) >= 11 is 0. The number of carbonyl (C=O) groups is 2. The van der Waals surface area contributed by atoms with Crippen molar-refractivity contribution < 1.29 is 23.8 Å². The fourth-order valence-electron chi connectivity index (χ4n) is 2.95. The van der Waals surface area contributed by atoms with Gasteiger partial charge in [0.25, 0.3) is 0 Å². The normalized spacial score (nSPS) is 34.9. The highest BCUT2D eigenvalue weighted by Gasteiger charge is 2.73. The van der Waals surface area contributed by atoms with Gasteiger partial charge < -0.3 is 15.2 Å². The summed E-state index contributed by atoms with van der Waals surface area (Å²) in [6, 6.07) is -1.06. The van der Waals surface area contributed by atoms with Crippen LogP contribution in [0, 0.1) is 5.41 Å². The molecular weight excluding hydrogens is 241 g/mol. The third kappa shape index (κ3) is 2.15. The molecule has 18 heavy (non-hydrogen) atoms. The molecule has 0 aromatic rings. The average molecular weight is 259 g/mol. The number of carbonyl (C=O) groups excluding carboxylic acids is 1. The summed E-state index contributed by atoms with van der Waals surface area (Å²) in [5.41, 5.74) is -2.49. The topological polar surface area (TPSA) is 75.6 Å². The van der Waals surface area contributed by atoms with E-state index in [0.29, 0.717) is 0 Å². The lowest BCUT2D eigenvalue weighted by Crippen LogP contribution is -2.73. The Morgan fingerprint density at radius 3 is 2.17 bits per heavy atom. The number of carboxylic acids is 1. The number of hydrogen-bond donors (Lipinski definition) is 2. The van der Waals surface area contributed by atoms with E-state index in [9.17, 15) is 14.0 Å². The molecule has 0 spiro atoms. The summed E-state index contributed by atoms with van der Waals surface area (Å²) < 4.78 is 18.4. The fraction of sp³-hybridized carbons (Fsp3) is 0.833. The first-order valence-electron chi connectivity index (χ1n) is 5.97. The van der Waals surface area contributed by atoms with Crippen molar-refractivity contribution in [1.82, 2.24) is 5.32 Å². The van der Waals surface area contributed by atoms with Crippen molar-refractivity contribution in [3.05, 3.63) is 0 Å². The third-order valence-corrected chi connectivity index (χ3v) is 3.53. The summed E-state index contributed by atoms with van der Waals surface area (Å²) in [5, 5.41) is 11.5. The Morgan fingerprint density at radius 2 is 1.83 bits per heavy atom. The van der Waals surface area contributed by atoms with E-state index < -0.39 is 34.8 Å². The maximum atomic E-state index is 13.4. The number of carboxylic acid groups (broad SMARTS) is 1. The van der Waals surface area contributed by atoms with Gasteiger partial charge in [-0.25, -0.2) is 14.0 Å². The van der Waals surface area contributed by atoms with Crippen LogP contribution < -0.4 is 5.32 Å². The molecule has 0 heterocycles. The second-order valence-corrected chi connectivity index (χ2v) is 6.46. The van der Waals surface area contributed by atoms with E-state index in [0.717, 1.165) is 0 Å². The molecule has 0 aromatic heterocycles. The Kier molecular flexibility index (Phi) is 2.61. The predicted molar refractivity (Wildman–Crippen MR) is 60.9 cm³/mol. The van der Waals surface area contributed by atoms with E-state index in [1.807, 2.05) is 0 Å². The van der Waals surface area contributed by atoms with Crippen molar-refractivity contribution in [2.75, 3.05) is 0 Å². The summed E-state index contributed by atoms with van der Waals surface area (Å²) in [5.74, 6) is -1.14. The molecule has 3 rings (SSSR count). The van der Waals surface area contributed by atoms with Crippen LogP contribution in [0.15, 0.2) is 0 Å². The van der Waals surface area contributed by atoms with E-state index in [4.69, 9.17) is 9.84 Å². The van der Waals surface area contributed by atoms with E-state index in [1.54, 1.807) is 20.8 Å². The highest BCUT2D eigenvalue weighted by molar-refractivity contribution is 5.81. The molecule has 2 N–H and O–H groups in total. The minimum Gasteiger partial charge on any atom is -0.480 e. The highest BCUT2D eigenvalue weighted by Crippen LogP contribution is 2.70. The zero-order chi connectivity index (χ0) is 13.8. The molecule has 0 aliphatic heterocycles. The fourth-order valence-corrected chi connectivity index (χ4v) is 2.95. The van der Waals surface area contributed by atoms with E-state index in [-0.39, 0.29) is 19.3 Å². The molecule has 3 aliphatic rings. The number of alkyl carbamates (subject to hydrolysis) is 1. The van der Waals surface area contributed by atoms with Crippen LogP contribution in [0.3, 0.4) is 0 Å². The van der Waals surface area contributed by atoms with Gasteiger partial charge in [-0.2, -0.15) is 0 Å². The lowest BCUT2D eigenvalue weighted by Gasteiger charge is -2.67. The zero-order valence-electron chi connectivity index (χ0n) is 10.7. The summed E-state index contributed by atoms with van der Waals surface area (Å²) in [6.45, 7) is 5.08. The van der Waals surface area contributed by atoms with Gasteiger partial charge in [0.15, 0.2) is 0 Å². The van der Waals surface area contributed by atoms with Crippen LogP contribution in [-0.2, 0) is 9.53 Å². The van der Waals surface area contributed by atoms with Gasteiger partial charge in [0.2, 0.25) is 0 Å². The van der Waals surface area contributed by atoms with Crippen molar-refractivity contribution in [3.8, 4) is 0 Å². The maximum Gasteiger partial charge on any atom is 0.408 e. The lowest BCUT2D eigenvalue weighted by molar-refractivity contribution is -0.230. The summed E-state index contributed by atoms with van der Waals surface area (Å²) in [7, 11) is 0. The number of nitrogens with one attached hydrogen (secondary N) is 1. The van der Waals surface area contributed by atoms with Gasteiger partial charge in [-0.3, -0.25) is 0 Å². The van der Waals surface area contributed by atoms with E-state index in [2.05, 4.69) is 5.32 Å². The molecule has 3 aliphatic carbocycles. The third-order valence-electron chi connectivity index (χ3n) is 3.53. The summed E-state index contributed by atoms with van der Waals surface area (Å²) in [4.78, 5) is 22.7. The standard InChI is InChI=1S/C12H18FNO4/c1-10(2,3)18-9(17)14-7(8(15)16)11-4-12(13,5-11)6-11/h7H,4-6H2,1-3H3,(H,14,17)(H,15,16). The first-order chi connectivity index (χ1) is 8.05. The second-order valence-electron chi connectivity index (χ2n) is 6.46. The number of hydrogen-bond acceptors (Lipinski definition) is 3. The van der Waals surface area contributed by atoms with Gasteiger partial charge in [-0.1, -0.05) is 0 Å². The molecule has 0 radical (unpaired) electrons. The van der Waals surface area contributed by atoms with Gasteiger partial charge in [-0.15, -0.1) is 0 Å². The molecule has 0 saturated heterocycles. The molecule has 1 unspecified atom stereocenters. The van der Waals surface area contributed by atoms with Crippen molar-refractivity contribution >= 4 is 12.1 Å². The smallest absolute Gasteiger partial charge is 0.408 e. The summed E-state index contributed by atoms with van der Waals surface area (Å²) in [6.07, 6.45) is -0.126. The van der Waals surface area contributed by atoms with Crippen molar-refractivity contribution in [1.29, 1.82) is 0 Å². The molecular formula is C12H18FNO4.